The van der Waals surface area contributed by atoms with Gasteiger partial charge < -0.3 is 16.0 Å². The Labute approximate surface area is 181 Å². The summed E-state index contributed by atoms with van der Waals surface area (Å²) in [5, 5.41) is 12.9. The van der Waals surface area contributed by atoms with Gasteiger partial charge in [0.1, 0.15) is 21.7 Å². The Morgan fingerprint density at radius 2 is 1.90 bits per heavy atom. The normalized spacial score (nSPS) is 17.3. The average molecular weight is 439 g/mol. The van der Waals surface area contributed by atoms with Gasteiger partial charge in [-0.1, -0.05) is 18.2 Å². The van der Waals surface area contributed by atoms with Crippen molar-refractivity contribution in [1.29, 1.82) is 5.26 Å². The molecule has 2 amide bonds. The number of primary amides is 1. The molecule has 1 aromatic heterocycles. The van der Waals surface area contributed by atoms with Crippen LogP contribution in [0.15, 0.2) is 40.9 Å². The molecule has 1 aliphatic carbocycles. The van der Waals surface area contributed by atoms with Crippen LogP contribution in [0.1, 0.15) is 33.6 Å². The fourth-order valence-electron chi connectivity index (χ4n) is 3.67. The minimum absolute atomic E-state index is 0.0717. The molecule has 0 unspecified atom stereocenters. The molecule has 0 radical (unpaired) electrons. The van der Waals surface area contributed by atoms with Gasteiger partial charge in [0.05, 0.1) is 12.1 Å². The van der Waals surface area contributed by atoms with Gasteiger partial charge in [0, 0.05) is 10.6 Å². The Kier molecular flexibility index (Phi) is 5.61. The summed E-state index contributed by atoms with van der Waals surface area (Å²) in [5.41, 5.74) is 7.37. The Hall–Kier alpha value is -3.09. The molecule has 1 aromatic carbocycles. The number of rotatable bonds is 4. The van der Waals surface area contributed by atoms with Crippen molar-refractivity contribution < 1.29 is 14.4 Å². The number of thiophene rings is 1. The highest BCUT2D eigenvalue weighted by molar-refractivity contribution is 8.17. The van der Waals surface area contributed by atoms with E-state index in [0.717, 1.165) is 53.6 Å². The summed E-state index contributed by atoms with van der Waals surface area (Å²) in [5.74, 6) is -1.25. The molecule has 7 nitrogen and oxygen atoms in total. The lowest BCUT2D eigenvalue weighted by Gasteiger charge is -2.19. The Balaban J connectivity index is 1.70. The van der Waals surface area contributed by atoms with Crippen LogP contribution in [-0.2, 0) is 22.4 Å². The quantitative estimate of drug-likeness (QED) is 0.559. The van der Waals surface area contributed by atoms with Crippen LogP contribution in [0.3, 0.4) is 0 Å². The van der Waals surface area contributed by atoms with Gasteiger partial charge in [-0.25, -0.2) is 0 Å². The molecule has 4 rings (SSSR count). The molecule has 9 heteroatoms. The Bertz CT molecular complexity index is 1120. The number of nitrogens with two attached hydrogens (primary N) is 1. The zero-order valence-corrected chi connectivity index (χ0v) is 17.6. The summed E-state index contributed by atoms with van der Waals surface area (Å²) in [7, 11) is 0. The van der Waals surface area contributed by atoms with Crippen LogP contribution in [-0.4, -0.2) is 23.5 Å². The molecule has 0 saturated carbocycles. The number of aryl methyl sites for hydroxylation is 1. The van der Waals surface area contributed by atoms with Gasteiger partial charge >= 0.3 is 0 Å². The zero-order chi connectivity index (χ0) is 21.3. The highest BCUT2D eigenvalue weighted by Gasteiger charge is 2.33. The van der Waals surface area contributed by atoms with Crippen LogP contribution in [0.2, 0.25) is 0 Å². The molecular weight excluding hydrogens is 420 g/mol. The minimum atomic E-state index is -0.656. The molecule has 30 heavy (non-hydrogen) atoms. The molecule has 0 atom stereocenters. The van der Waals surface area contributed by atoms with E-state index in [9.17, 15) is 19.6 Å². The van der Waals surface area contributed by atoms with Crippen molar-refractivity contribution in [3.63, 3.8) is 0 Å². The summed E-state index contributed by atoms with van der Waals surface area (Å²) < 4.78 is 0. The summed E-state index contributed by atoms with van der Waals surface area (Å²) in [6.07, 6.45) is 3.58. The SMILES string of the molecule is N#C/C(C(=O)Nc1sc2c(c1C(N)=O)CCCC2)=C1/SC(=O)CN1c1ccccc1. The molecular formula is C21H18N4O3S2. The van der Waals surface area contributed by atoms with Crippen molar-refractivity contribution in [3.05, 3.63) is 56.9 Å². The first-order valence-electron chi connectivity index (χ1n) is 9.43. The third-order valence-electron chi connectivity index (χ3n) is 5.01. The van der Waals surface area contributed by atoms with E-state index in [2.05, 4.69) is 5.32 Å². The summed E-state index contributed by atoms with van der Waals surface area (Å²) in [6, 6.07) is 11.0. The monoisotopic (exact) mass is 438 g/mol. The van der Waals surface area contributed by atoms with Crippen LogP contribution in [0.4, 0.5) is 10.7 Å². The maximum absolute atomic E-state index is 13.0. The maximum atomic E-state index is 13.0. The molecule has 0 spiro atoms. The van der Waals surface area contributed by atoms with E-state index in [4.69, 9.17) is 5.73 Å². The number of nitrogens with zero attached hydrogens (tertiary/aromatic N) is 2. The van der Waals surface area contributed by atoms with Crippen LogP contribution < -0.4 is 16.0 Å². The van der Waals surface area contributed by atoms with Crippen molar-refractivity contribution in [1.82, 2.24) is 0 Å². The molecule has 2 aliphatic rings. The average Bonchev–Trinajstić information content (AvgIpc) is 3.29. The van der Waals surface area contributed by atoms with Gasteiger partial charge in [-0.05, 0) is 55.1 Å². The van der Waals surface area contributed by atoms with Crippen molar-refractivity contribution in [2.24, 2.45) is 5.73 Å². The first kappa shape index (κ1) is 20.2. The van der Waals surface area contributed by atoms with Crippen molar-refractivity contribution in [3.8, 4) is 6.07 Å². The topological polar surface area (TPSA) is 116 Å². The van der Waals surface area contributed by atoms with E-state index in [1.807, 2.05) is 36.4 Å². The zero-order valence-electron chi connectivity index (χ0n) is 15.9. The number of hydrogen-bond acceptors (Lipinski definition) is 7. The van der Waals surface area contributed by atoms with Gasteiger partial charge in [0.15, 0.2) is 0 Å². The number of thioether (sulfide) groups is 1. The number of anilines is 2. The van der Waals surface area contributed by atoms with Crippen molar-refractivity contribution in [2.45, 2.75) is 25.7 Å². The molecule has 1 fully saturated rings. The third kappa shape index (κ3) is 3.72. The predicted octanol–water partition coefficient (Wildman–Crippen LogP) is 3.18. The number of nitrogens with one attached hydrogen (secondary N) is 1. The number of carbonyl (C=O) groups excluding carboxylic acids is 3. The van der Waals surface area contributed by atoms with Gasteiger partial charge in [-0.3, -0.25) is 14.4 Å². The lowest BCUT2D eigenvalue weighted by Crippen LogP contribution is -2.24. The first-order chi connectivity index (χ1) is 14.5. The second kappa shape index (κ2) is 8.34. The van der Waals surface area contributed by atoms with E-state index in [-0.39, 0.29) is 22.3 Å². The number of amides is 2. The molecule has 1 saturated heterocycles. The molecule has 0 bridgehead atoms. The van der Waals surface area contributed by atoms with E-state index in [0.29, 0.717) is 10.6 Å². The largest absolute Gasteiger partial charge is 0.365 e. The summed E-state index contributed by atoms with van der Waals surface area (Å²) in [4.78, 5) is 39.9. The minimum Gasteiger partial charge on any atom is -0.365 e. The number of nitriles is 1. The Morgan fingerprint density at radius 1 is 1.17 bits per heavy atom. The van der Waals surface area contributed by atoms with E-state index < -0.39 is 11.8 Å². The highest BCUT2D eigenvalue weighted by Crippen LogP contribution is 2.39. The lowest BCUT2D eigenvalue weighted by molar-refractivity contribution is -0.112. The van der Waals surface area contributed by atoms with E-state index in [1.165, 1.54) is 11.3 Å². The number of fused-ring (bicyclic) bond motifs is 1. The molecule has 2 aromatic rings. The second-order valence-electron chi connectivity index (χ2n) is 6.92. The number of carbonyl (C=O) groups is 3. The summed E-state index contributed by atoms with van der Waals surface area (Å²) in [6.45, 7) is 0.0717. The maximum Gasteiger partial charge on any atom is 0.269 e. The number of para-hydroxylation sites is 1. The summed E-state index contributed by atoms with van der Waals surface area (Å²) >= 11 is 2.21. The van der Waals surface area contributed by atoms with E-state index >= 15 is 0 Å². The fourth-order valence-corrected chi connectivity index (χ4v) is 5.89. The van der Waals surface area contributed by atoms with Crippen LogP contribution >= 0.6 is 23.1 Å². The molecule has 152 valence electrons. The third-order valence-corrected chi connectivity index (χ3v) is 7.19. The van der Waals surface area contributed by atoms with Crippen molar-refractivity contribution in [2.75, 3.05) is 16.8 Å². The van der Waals surface area contributed by atoms with Gasteiger partial charge in [-0.15, -0.1) is 11.3 Å². The smallest absolute Gasteiger partial charge is 0.269 e. The van der Waals surface area contributed by atoms with Crippen LogP contribution in [0, 0.1) is 11.3 Å². The molecule has 3 N–H and O–H groups in total. The predicted molar refractivity (Wildman–Crippen MR) is 117 cm³/mol. The molecule has 1 aliphatic heterocycles. The number of benzene rings is 1. The Morgan fingerprint density at radius 3 is 2.60 bits per heavy atom. The van der Waals surface area contributed by atoms with E-state index in [1.54, 1.807) is 4.90 Å². The van der Waals surface area contributed by atoms with Gasteiger partial charge in [-0.2, -0.15) is 5.26 Å². The highest BCUT2D eigenvalue weighted by atomic mass is 32.2. The standard InChI is InChI=1S/C21H18N4O3S2/c22-10-14(21-25(11-16(26)30-21)12-6-2-1-3-7-12)19(28)24-20-17(18(23)27)13-8-4-5-9-15(13)29-20/h1-3,6-7H,4-5,8-9,11H2,(H2,23,27)(H,24,28)/b21-14-. The van der Waals surface area contributed by atoms with Gasteiger partial charge in [0.2, 0.25) is 5.12 Å². The number of hydrogen-bond donors (Lipinski definition) is 2. The molecule has 2 heterocycles. The van der Waals surface area contributed by atoms with Crippen LogP contribution in [0.5, 0.6) is 0 Å². The van der Waals surface area contributed by atoms with Crippen LogP contribution in [0.25, 0.3) is 0 Å². The fraction of sp³-hybridized carbons (Fsp3) is 0.238. The van der Waals surface area contributed by atoms with Gasteiger partial charge in [0.25, 0.3) is 11.8 Å². The second-order valence-corrected chi connectivity index (χ2v) is 9.07. The van der Waals surface area contributed by atoms with Crippen molar-refractivity contribution >= 4 is 50.7 Å². The lowest BCUT2D eigenvalue weighted by atomic mass is 9.95. The first-order valence-corrected chi connectivity index (χ1v) is 11.1.